The topological polar surface area (TPSA) is 54.0 Å². The van der Waals surface area contributed by atoms with Gasteiger partial charge in [-0.1, -0.05) is 6.92 Å². The number of halogens is 4. The maximum absolute atomic E-state index is 12.7. The molecule has 2 unspecified atom stereocenters. The van der Waals surface area contributed by atoms with Gasteiger partial charge in [0.05, 0.1) is 6.04 Å². The normalized spacial score (nSPS) is 23.4. The maximum atomic E-state index is 12.7. The molecule has 1 aromatic rings. The molecule has 1 saturated heterocycles. The van der Waals surface area contributed by atoms with Crippen LogP contribution in [0.4, 0.5) is 13.2 Å². The molecule has 1 amide bonds. The summed E-state index contributed by atoms with van der Waals surface area (Å²) in [5.41, 5.74) is -0.764. The Morgan fingerprint density at radius 2 is 2.17 bits per heavy atom. The third-order valence-electron chi connectivity index (χ3n) is 4.94. The highest BCUT2D eigenvalue weighted by Gasteiger charge is 2.57. The van der Waals surface area contributed by atoms with Gasteiger partial charge in [-0.05, 0) is 44.2 Å². The Labute approximate surface area is 149 Å². The summed E-state index contributed by atoms with van der Waals surface area (Å²) in [5, 5.41) is 7.53. The lowest BCUT2D eigenvalue weighted by atomic mass is 9.91. The van der Waals surface area contributed by atoms with Gasteiger partial charge in [0.15, 0.2) is 5.69 Å². The van der Waals surface area contributed by atoms with Gasteiger partial charge < -0.3 is 10.6 Å². The van der Waals surface area contributed by atoms with E-state index in [0.29, 0.717) is 11.4 Å². The molecule has 0 bridgehead atoms. The Hall–Kier alpha value is -0.860. The molecule has 2 heterocycles. The Morgan fingerprint density at radius 3 is 2.71 bits per heavy atom. The van der Waals surface area contributed by atoms with Crippen LogP contribution in [0.3, 0.4) is 0 Å². The predicted molar refractivity (Wildman–Crippen MR) is 88.2 cm³/mol. The summed E-state index contributed by atoms with van der Waals surface area (Å²) in [5.74, 6) is -0.0387. The molecule has 9 heteroatoms. The first-order valence-electron chi connectivity index (χ1n) is 7.89. The van der Waals surface area contributed by atoms with Crippen molar-refractivity contribution < 1.29 is 18.0 Å². The minimum atomic E-state index is -4.44. The number of nitrogens with zero attached hydrogens (tertiary/aromatic N) is 1. The van der Waals surface area contributed by atoms with E-state index in [9.17, 15) is 18.0 Å². The molecule has 1 aliphatic heterocycles. The zero-order valence-electron chi connectivity index (χ0n) is 13.3. The van der Waals surface area contributed by atoms with Gasteiger partial charge in [-0.15, -0.1) is 23.7 Å². The lowest BCUT2D eigenvalue weighted by Crippen LogP contribution is -2.35. The van der Waals surface area contributed by atoms with Crippen molar-refractivity contribution in [1.82, 2.24) is 15.6 Å². The molecule has 136 valence electrons. The van der Waals surface area contributed by atoms with E-state index in [4.69, 9.17) is 0 Å². The number of nitrogens with one attached hydrogen (secondary N) is 2. The van der Waals surface area contributed by atoms with Crippen LogP contribution >= 0.6 is 23.7 Å². The summed E-state index contributed by atoms with van der Waals surface area (Å²) in [6.07, 6.45) is -1.03. The van der Waals surface area contributed by atoms with E-state index in [1.165, 1.54) is 0 Å². The number of amides is 1. The number of alkyl halides is 3. The standard InChI is InChI=1S/C15H20F3N3OS.ClH/c1-2-10(13-21-11(8-23-13)15(16,17)18)20-12(22)9-7-14(9)3-5-19-6-4-14;/h8-10,19H,2-7H2,1H3,(H,20,22);1H. The number of carbonyl (C=O) groups is 1. The minimum absolute atomic E-state index is 0. The molecule has 0 radical (unpaired) electrons. The summed E-state index contributed by atoms with van der Waals surface area (Å²) in [7, 11) is 0. The minimum Gasteiger partial charge on any atom is -0.347 e. The molecule has 1 aromatic heterocycles. The first-order valence-corrected chi connectivity index (χ1v) is 8.77. The van der Waals surface area contributed by atoms with Crippen LogP contribution < -0.4 is 10.6 Å². The molecule has 1 saturated carbocycles. The van der Waals surface area contributed by atoms with E-state index >= 15 is 0 Å². The van der Waals surface area contributed by atoms with E-state index in [1.54, 1.807) is 0 Å². The molecular formula is C15H21ClF3N3OS. The SMILES string of the molecule is CCC(NC(=O)C1CC12CCNCC2)c1nc(C(F)(F)F)cs1.Cl. The van der Waals surface area contributed by atoms with Gasteiger partial charge in [-0.3, -0.25) is 4.79 Å². The van der Waals surface area contributed by atoms with Crippen LogP contribution in [-0.4, -0.2) is 24.0 Å². The van der Waals surface area contributed by atoms with Crippen LogP contribution in [0.2, 0.25) is 0 Å². The Bertz CT molecular complexity index is 587. The summed E-state index contributed by atoms with van der Waals surface area (Å²) >= 11 is 0.954. The van der Waals surface area contributed by atoms with Crippen molar-refractivity contribution in [2.45, 2.75) is 44.8 Å². The fraction of sp³-hybridized carbons (Fsp3) is 0.733. The lowest BCUT2D eigenvalue weighted by Gasteiger charge is -2.24. The number of piperidine rings is 1. The number of thiazole rings is 1. The zero-order chi connectivity index (χ0) is 16.7. The summed E-state index contributed by atoms with van der Waals surface area (Å²) in [6.45, 7) is 3.71. The highest BCUT2D eigenvalue weighted by atomic mass is 35.5. The van der Waals surface area contributed by atoms with Gasteiger partial charge >= 0.3 is 6.18 Å². The third kappa shape index (κ3) is 3.86. The van der Waals surface area contributed by atoms with Crippen molar-refractivity contribution in [2.75, 3.05) is 13.1 Å². The highest BCUT2D eigenvalue weighted by molar-refractivity contribution is 7.09. The quantitative estimate of drug-likeness (QED) is 0.836. The van der Waals surface area contributed by atoms with Crippen LogP contribution in [0.5, 0.6) is 0 Å². The fourth-order valence-corrected chi connectivity index (χ4v) is 4.34. The fourth-order valence-electron chi connectivity index (χ4n) is 3.38. The summed E-state index contributed by atoms with van der Waals surface area (Å²) < 4.78 is 38.0. The van der Waals surface area contributed by atoms with Crippen molar-refractivity contribution in [3.63, 3.8) is 0 Å². The molecule has 1 aliphatic carbocycles. The molecule has 2 atom stereocenters. The first-order chi connectivity index (χ1) is 10.9. The van der Waals surface area contributed by atoms with Crippen molar-refractivity contribution in [3.8, 4) is 0 Å². The van der Waals surface area contributed by atoms with E-state index in [1.807, 2.05) is 6.92 Å². The van der Waals surface area contributed by atoms with Gasteiger partial charge in [0.25, 0.3) is 0 Å². The van der Waals surface area contributed by atoms with Crippen LogP contribution in [-0.2, 0) is 11.0 Å². The molecule has 3 rings (SSSR count). The Balaban J connectivity index is 0.00000208. The van der Waals surface area contributed by atoms with E-state index in [0.717, 1.165) is 49.1 Å². The summed E-state index contributed by atoms with van der Waals surface area (Å²) in [6, 6.07) is -0.442. The van der Waals surface area contributed by atoms with Crippen LogP contribution in [0, 0.1) is 11.3 Å². The Morgan fingerprint density at radius 1 is 1.50 bits per heavy atom. The number of hydrogen-bond acceptors (Lipinski definition) is 4. The molecule has 0 aromatic carbocycles. The van der Waals surface area contributed by atoms with Gasteiger partial charge in [0, 0.05) is 11.3 Å². The van der Waals surface area contributed by atoms with Gasteiger partial charge in [-0.2, -0.15) is 13.2 Å². The second-order valence-corrected chi connectivity index (χ2v) is 7.30. The molecule has 4 nitrogen and oxygen atoms in total. The van der Waals surface area contributed by atoms with Gasteiger partial charge in [-0.25, -0.2) is 4.98 Å². The average Bonchev–Trinajstić information content (AvgIpc) is 2.98. The number of carbonyl (C=O) groups excluding carboxylic acids is 1. The van der Waals surface area contributed by atoms with Crippen molar-refractivity contribution in [2.24, 2.45) is 11.3 Å². The average molecular weight is 384 g/mol. The Kier molecular flexibility index (Phi) is 5.82. The zero-order valence-corrected chi connectivity index (χ0v) is 14.9. The smallest absolute Gasteiger partial charge is 0.347 e. The van der Waals surface area contributed by atoms with Crippen LogP contribution in [0.15, 0.2) is 5.38 Å². The van der Waals surface area contributed by atoms with E-state index in [-0.39, 0.29) is 29.6 Å². The second-order valence-electron chi connectivity index (χ2n) is 6.41. The lowest BCUT2D eigenvalue weighted by molar-refractivity contribution is -0.140. The number of aromatic nitrogens is 1. The maximum Gasteiger partial charge on any atom is 0.434 e. The molecule has 24 heavy (non-hydrogen) atoms. The molecule has 2 aliphatic rings. The highest BCUT2D eigenvalue weighted by Crippen LogP contribution is 2.58. The van der Waals surface area contributed by atoms with Crippen molar-refractivity contribution in [1.29, 1.82) is 0 Å². The first kappa shape index (κ1) is 19.5. The number of rotatable bonds is 4. The van der Waals surface area contributed by atoms with Crippen LogP contribution in [0.25, 0.3) is 0 Å². The van der Waals surface area contributed by atoms with E-state index < -0.39 is 17.9 Å². The van der Waals surface area contributed by atoms with Gasteiger partial charge in [0.2, 0.25) is 5.91 Å². The van der Waals surface area contributed by atoms with Crippen molar-refractivity contribution in [3.05, 3.63) is 16.1 Å². The molecule has 2 fully saturated rings. The van der Waals surface area contributed by atoms with Crippen molar-refractivity contribution >= 4 is 29.7 Å². The summed E-state index contributed by atoms with van der Waals surface area (Å²) in [4.78, 5) is 16.1. The molecule has 1 spiro atoms. The predicted octanol–water partition coefficient (Wildman–Crippen LogP) is 3.54. The third-order valence-corrected chi connectivity index (χ3v) is 5.90. The van der Waals surface area contributed by atoms with E-state index in [2.05, 4.69) is 15.6 Å². The number of hydrogen-bond donors (Lipinski definition) is 2. The molecule has 2 N–H and O–H groups in total. The van der Waals surface area contributed by atoms with Crippen LogP contribution in [0.1, 0.15) is 49.4 Å². The monoisotopic (exact) mass is 383 g/mol. The second kappa shape index (κ2) is 7.17. The molecular weight excluding hydrogens is 363 g/mol. The largest absolute Gasteiger partial charge is 0.434 e. The van der Waals surface area contributed by atoms with Gasteiger partial charge in [0.1, 0.15) is 5.01 Å².